The summed E-state index contributed by atoms with van der Waals surface area (Å²) in [5.41, 5.74) is 0.607. The first-order valence-electron chi connectivity index (χ1n) is 7.13. The Bertz CT molecular complexity index is 658. The molecule has 0 atom stereocenters. The molecular formula is C17H21NO5. The first-order chi connectivity index (χ1) is 10.8. The summed E-state index contributed by atoms with van der Waals surface area (Å²) in [6.07, 6.45) is 1.63. The Morgan fingerprint density at radius 1 is 1.04 bits per heavy atom. The van der Waals surface area contributed by atoms with E-state index in [1.54, 1.807) is 18.2 Å². The van der Waals surface area contributed by atoms with E-state index in [2.05, 4.69) is 4.99 Å². The lowest BCUT2D eigenvalue weighted by Crippen LogP contribution is -2.21. The second kappa shape index (κ2) is 6.32. The van der Waals surface area contributed by atoms with Gasteiger partial charge in [-0.15, -0.1) is 0 Å². The SMILES string of the molecule is COc1cc(/C=C2/N=C(C(C)(C)C)OC2=O)cc(OC)c1OC. The molecular weight excluding hydrogens is 298 g/mol. The minimum absolute atomic E-state index is 0.240. The van der Waals surface area contributed by atoms with Gasteiger partial charge in [0.15, 0.2) is 17.2 Å². The van der Waals surface area contributed by atoms with Crippen molar-refractivity contribution < 1.29 is 23.7 Å². The van der Waals surface area contributed by atoms with Crippen LogP contribution in [-0.2, 0) is 9.53 Å². The van der Waals surface area contributed by atoms with Crippen molar-refractivity contribution in [2.24, 2.45) is 10.4 Å². The van der Waals surface area contributed by atoms with E-state index in [-0.39, 0.29) is 11.1 Å². The molecule has 0 aliphatic carbocycles. The number of carbonyl (C=O) groups excluding carboxylic acids is 1. The van der Waals surface area contributed by atoms with Crippen LogP contribution in [0.2, 0.25) is 0 Å². The largest absolute Gasteiger partial charge is 0.493 e. The average Bonchev–Trinajstić information content (AvgIpc) is 2.87. The lowest BCUT2D eigenvalue weighted by molar-refractivity contribution is -0.130. The molecule has 0 unspecified atom stereocenters. The standard InChI is InChI=1S/C17H21NO5/c1-17(2,3)16-18-11(15(19)23-16)7-10-8-12(20-4)14(22-6)13(9-10)21-5/h7-9H,1-6H3/b11-7+. The molecule has 1 aromatic carbocycles. The second-order valence-corrected chi connectivity index (χ2v) is 6.04. The highest BCUT2D eigenvalue weighted by Crippen LogP contribution is 2.39. The van der Waals surface area contributed by atoms with Crippen LogP contribution in [0.3, 0.4) is 0 Å². The predicted molar refractivity (Wildman–Crippen MR) is 87.1 cm³/mol. The van der Waals surface area contributed by atoms with Crippen molar-refractivity contribution >= 4 is 17.9 Å². The maximum absolute atomic E-state index is 12.0. The van der Waals surface area contributed by atoms with Crippen LogP contribution in [0.15, 0.2) is 22.8 Å². The van der Waals surface area contributed by atoms with E-state index in [1.807, 2.05) is 20.8 Å². The van der Waals surface area contributed by atoms with E-state index >= 15 is 0 Å². The summed E-state index contributed by atoms with van der Waals surface area (Å²) in [6, 6.07) is 3.48. The molecule has 0 radical (unpaired) electrons. The van der Waals surface area contributed by atoms with Crippen LogP contribution in [0.4, 0.5) is 0 Å². The molecule has 2 rings (SSSR count). The topological polar surface area (TPSA) is 66.4 Å². The molecule has 6 nitrogen and oxygen atoms in total. The summed E-state index contributed by atoms with van der Waals surface area (Å²) in [4.78, 5) is 16.3. The number of esters is 1. The van der Waals surface area contributed by atoms with Crippen molar-refractivity contribution in [1.82, 2.24) is 0 Å². The summed E-state index contributed by atoms with van der Waals surface area (Å²) in [5, 5.41) is 0. The molecule has 0 saturated heterocycles. The van der Waals surface area contributed by atoms with Gasteiger partial charge in [0.25, 0.3) is 0 Å². The fourth-order valence-corrected chi connectivity index (χ4v) is 2.07. The highest BCUT2D eigenvalue weighted by molar-refractivity contribution is 6.08. The minimum Gasteiger partial charge on any atom is -0.493 e. The van der Waals surface area contributed by atoms with E-state index in [0.717, 1.165) is 0 Å². The smallest absolute Gasteiger partial charge is 0.363 e. The Kier molecular flexibility index (Phi) is 4.63. The van der Waals surface area contributed by atoms with Gasteiger partial charge in [0.2, 0.25) is 11.6 Å². The zero-order valence-corrected chi connectivity index (χ0v) is 14.2. The van der Waals surface area contributed by atoms with Gasteiger partial charge in [0, 0.05) is 5.41 Å². The Morgan fingerprint density at radius 2 is 1.61 bits per heavy atom. The van der Waals surface area contributed by atoms with Crippen molar-refractivity contribution in [2.75, 3.05) is 21.3 Å². The molecule has 1 aliphatic rings. The third-order valence-corrected chi connectivity index (χ3v) is 3.25. The summed E-state index contributed by atoms with van der Waals surface area (Å²) in [7, 11) is 4.61. The lowest BCUT2D eigenvalue weighted by Gasteiger charge is -2.15. The van der Waals surface area contributed by atoms with Gasteiger partial charge in [-0.1, -0.05) is 20.8 Å². The molecule has 0 spiro atoms. The quantitative estimate of drug-likeness (QED) is 0.630. The maximum Gasteiger partial charge on any atom is 0.363 e. The van der Waals surface area contributed by atoms with Crippen molar-refractivity contribution in [3.05, 3.63) is 23.4 Å². The Morgan fingerprint density at radius 3 is 2.00 bits per heavy atom. The molecule has 0 aromatic heterocycles. The lowest BCUT2D eigenvalue weighted by atomic mass is 9.97. The van der Waals surface area contributed by atoms with Gasteiger partial charge in [-0.3, -0.25) is 0 Å². The van der Waals surface area contributed by atoms with E-state index in [9.17, 15) is 4.79 Å². The number of rotatable bonds is 4. The van der Waals surface area contributed by atoms with Crippen LogP contribution < -0.4 is 14.2 Å². The number of hydrogen-bond acceptors (Lipinski definition) is 6. The summed E-state index contributed by atoms with van der Waals surface area (Å²) in [5.74, 6) is 1.44. The second-order valence-electron chi connectivity index (χ2n) is 6.04. The number of ether oxygens (including phenoxy) is 4. The Hall–Kier alpha value is -2.50. The summed E-state index contributed by atoms with van der Waals surface area (Å²) >= 11 is 0. The van der Waals surface area contributed by atoms with Gasteiger partial charge in [-0.05, 0) is 23.8 Å². The third kappa shape index (κ3) is 3.47. The monoisotopic (exact) mass is 319 g/mol. The molecule has 1 aromatic rings. The molecule has 1 heterocycles. The molecule has 0 N–H and O–H groups in total. The van der Waals surface area contributed by atoms with Gasteiger partial charge in [0.05, 0.1) is 21.3 Å². The maximum atomic E-state index is 12.0. The normalized spacial score (nSPS) is 16.2. The molecule has 0 saturated carbocycles. The van der Waals surface area contributed by atoms with Gasteiger partial charge in [0.1, 0.15) is 0 Å². The molecule has 0 fully saturated rings. The van der Waals surface area contributed by atoms with Gasteiger partial charge >= 0.3 is 5.97 Å². The zero-order valence-electron chi connectivity index (χ0n) is 14.2. The molecule has 6 heteroatoms. The fraction of sp³-hybridized carbons (Fsp3) is 0.412. The van der Waals surface area contributed by atoms with Crippen molar-refractivity contribution in [2.45, 2.75) is 20.8 Å². The summed E-state index contributed by atoms with van der Waals surface area (Å²) < 4.78 is 21.1. The van der Waals surface area contributed by atoms with Gasteiger partial charge < -0.3 is 18.9 Å². The van der Waals surface area contributed by atoms with Gasteiger partial charge in [-0.25, -0.2) is 9.79 Å². The highest BCUT2D eigenvalue weighted by atomic mass is 16.6. The van der Waals surface area contributed by atoms with E-state index in [4.69, 9.17) is 18.9 Å². The summed E-state index contributed by atoms with van der Waals surface area (Å²) in [6.45, 7) is 5.80. The van der Waals surface area contributed by atoms with Crippen LogP contribution in [-0.4, -0.2) is 33.2 Å². The zero-order chi connectivity index (χ0) is 17.2. The predicted octanol–water partition coefficient (Wildman–Crippen LogP) is 3.05. The molecule has 0 bridgehead atoms. The first-order valence-corrected chi connectivity index (χ1v) is 7.13. The first kappa shape index (κ1) is 16.9. The Balaban J connectivity index is 2.47. The molecule has 0 amide bonds. The molecule has 124 valence electrons. The number of nitrogens with zero attached hydrogens (tertiary/aromatic N) is 1. The number of carbonyl (C=O) groups is 1. The Labute approximate surface area is 135 Å². The van der Waals surface area contributed by atoms with Crippen LogP contribution >= 0.6 is 0 Å². The average molecular weight is 319 g/mol. The third-order valence-electron chi connectivity index (χ3n) is 3.25. The number of hydrogen-bond donors (Lipinski definition) is 0. The van der Waals surface area contributed by atoms with Crippen LogP contribution in [0, 0.1) is 5.41 Å². The van der Waals surface area contributed by atoms with E-state index in [0.29, 0.717) is 28.7 Å². The fourth-order valence-electron chi connectivity index (χ4n) is 2.07. The minimum atomic E-state index is -0.469. The number of aliphatic imine (C=N–C) groups is 1. The van der Waals surface area contributed by atoms with Crippen LogP contribution in [0.25, 0.3) is 6.08 Å². The van der Waals surface area contributed by atoms with Crippen molar-refractivity contribution in [3.8, 4) is 17.2 Å². The number of benzene rings is 1. The van der Waals surface area contributed by atoms with Crippen molar-refractivity contribution in [1.29, 1.82) is 0 Å². The van der Waals surface area contributed by atoms with E-state index < -0.39 is 5.97 Å². The highest BCUT2D eigenvalue weighted by Gasteiger charge is 2.31. The molecule has 1 aliphatic heterocycles. The van der Waals surface area contributed by atoms with E-state index in [1.165, 1.54) is 21.3 Å². The number of methoxy groups -OCH3 is 3. The van der Waals surface area contributed by atoms with Gasteiger partial charge in [-0.2, -0.15) is 0 Å². The molecule has 23 heavy (non-hydrogen) atoms. The van der Waals surface area contributed by atoms with Crippen LogP contribution in [0.5, 0.6) is 17.2 Å². The van der Waals surface area contributed by atoms with Crippen LogP contribution in [0.1, 0.15) is 26.3 Å². The number of cyclic esters (lactones) is 1. The van der Waals surface area contributed by atoms with Crippen molar-refractivity contribution in [3.63, 3.8) is 0 Å².